The molecule has 5 rings (SSSR count). The second-order valence-electron chi connectivity index (χ2n) is 7.74. The summed E-state index contributed by atoms with van der Waals surface area (Å²) in [5.41, 5.74) is -0.628. The maximum absolute atomic E-state index is 13.2. The molecule has 3 aromatic carbocycles. The predicted molar refractivity (Wildman–Crippen MR) is 133 cm³/mol. The molecule has 0 aliphatic heterocycles. The first kappa shape index (κ1) is 22.9. The molecule has 0 radical (unpaired) electrons. The van der Waals surface area contributed by atoms with Crippen molar-refractivity contribution >= 4 is 21.8 Å². The third kappa shape index (κ3) is 4.31. The van der Waals surface area contributed by atoms with Gasteiger partial charge >= 0.3 is 0 Å². The van der Waals surface area contributed by atoms with E-state index in [0.717, 1.165) is 0 Å². The van der Waals surface area contributed by atoms with Crippen molar-refractivity contribution in [2.45, 2.75) is 13.2 Å². The van der Waals surface area contributed by atoms with Gasteiger partial charge in [0.2, 0.25) is 0 Å². The number of rotatable bonds is 8. The molecule has 0 spiro atoms. The Morgan fingerprint density at radius 1 is 0.639 bits per heavy atom. The molecule has 36 heavy (non-hydrogen) atoms. The number of methoxy groups -OCH3 is 2. The molecule has 0 saturated carbocycles. The van der Waals surface area contributed by atoms with E-state index in [1.165, 1.54) is 14.2 Å². The normalized spacial score (nSPS) is 10.9. The van der Waals surface area contributed by atoms with Crippen LogP contribution in [0.25, 0.3) is 21.8 Å². The van der Waals surface area contributed by atoms with Gasteiger partial charge in [-0.05, 0) is 24.3 Å². The molecule has 10 heteroatoms. The van der Waals surface area contributed by atoms with E-state index in [1.807, 2.05) is 36.4 Å². The average molecular weight is 486 g/mol. The van der Waals surface area contributed by atoms with Gasteiger partial charge in [0.15, 0.2) is 11.5 Å². The molecule has 0 amide bonds. The molecule has 182 valence electrons. The Bertz CT molecular complexity index is 1520. The quantitative estimate of drug-likeness (QED) is 0.320. The van der Waals surface area contributed by atoms with Gasteiger partial charge in [0.25, 0.3) is 11.1 Å². The topological polar surface area (TPSA) is 128 Å². The zero-order valence-corrected chi connectivity index (χ0v) is 19.5. The summed E-state index contributed by atoms with van der Waals surface area (Å²) >= 11 is 0. The van der Waals surface area contributed by atoms with Crippen molar-refractivity contribution in [1.29, 1.82) is 0 Å². The second-order valence-corrected chi connectivity index (χ2v) is 7.74. The summed E-state index contributed by atoms with van der Waals surface area (Å²) in [6.07, 6.45) is 0. The van der Waals surface area contributed by atoms with E-state index < -0.39 is 11.1 Å². The van der Waals surface area contributed by atoms with Crippen LogP contribution in [-0.4, -0.2) is 34.2 Å². The molecule has 2 heterocycles. The van der Waals surface area contributed by atoms with Gasteiger partial charge in [0, 0.05) is 0 Å². The van der Waals surface area contributed by atoms with Crippen molar-refractivity contribution in [2.75, 3.05) is 14.2 Å². The second kappa shape index (κ2) is 9.79. The van der Waals surface area contributed by atoms with Crippen LogP contribution in [0.3, 0.4) is 0 Å². The van der Waals surface area contributed by atoms with Crippen LogP contribution in [0.15, 0.2) is 70.3 Å². The Labute approximate surface area is 204 Å². The first-order valence-electron chi connectivity index (χ1n) is 11.0. The highest BCUT2D eigenvalue weighted by Crippen LogP contribution is 2.37. The highest BCUT2D eigenvalue weighted by molar-refractivity contribution is 6.07. The van der Waals surface area contributed by atoms with E-state index in [1.54, 1.807) is 24.3 Å². The summed E-state index contributed by atoms with van der Waals surface area (Å²) in [7, 11) is 2.80. The number of aromatic amines is 2. The predicted octanol–water partition coefficient (Wildman–Crippen LogP) is 3.33. The molecule has 0 aliphatic rings. The zero-order valence-electron chi connectivity index (χ0n) is 19.5. The van der Waals surface area contributed by atoms with Crippen molar-refractivity contribution in [3.05, 3.63) is 93.0 Å². The van der Waals surface area contributed by atoms with Crippen LogP contribution in [0.4, 0.5) is 0 Å². The van der Waals surface area contributed by atoms with Crippen LogP contribution in [0.5, 0.6) is 23.0 Å². The van der Waals surface area contributed by atoms with Gasteiger partial charge in [0.05, 0.1) is 14.2 Å². The Morgan fingerprint density at radius 3 is 1.39 bits per heavy atom. The van der Waals surface area contributed by atoms with Crippen molar-refractivity contribution in [3.63, 3.8) is 0 Å². The monoisotopic (exact) mass is 486 g/mol. The van der Waals surface area contributed by atoms with Gasteiger partial charge in [0.1, 0.15) is 58.2 Å². The molecule has 0 atom stereocenters. The number of fused-ring (bicyclic) bond motifs is 2. The fourth-order valence-electron chi connectivity index (χ4n) is 3.90. The molecule has 0 fully saturated rings. The lowest BCUT2D eigenvalue weighted by Crippen LogP contribution is -2.19. The van der Waals surface area contributed by atoms with Crippen molar-refractivity contribution < 1.29 is 18.9 Å². The van der Waals surface area contributed by atoms with Gasteiger partial charge in [-0.3, -0.25) is 9.59 Å². The summed E-state index contributed by atoms with van der Waals surface area (Å²) in [4.78, 5) is 40.8. The number of H-pyrrole nitrogens is 2. The standard InChI is InChI=1S/C26H22N4O6/c1-33-23-19-22(28-18(29-25(19)31)14-36-16-11-7-4-8-12-16)24(34-2)20-21(23)27-17(30-26(20)32)13-35-15-9-5-3-6-10-15/h3-12H,13-14H2,1-2H3,(H,27,30,32)(H,28,29,31). The van der Waals surface area contributed by atoms with E-state index in [-0.39, 0.29) is 58.2 Å². The van der Waals surface area contributed by atoms with Crippen LogP contribution in [0.1, 0.15) is 11.6 Å². The van der Waals surface area contributed by atoms with E-state index in [0.29, 0.717) is 11.5 Å². The summed E-state index contributed by atoms with van der Waals surface area (Å²) in [5.74, 6) is 1.97. The minimum absolute atomic E-state index is 0.00305. The van der Waals surface area contributed by atoms with E-state index in [2.05, 4.69) is 19.9 Å². The Balaban J connectivity index is 1.62. The van der Waals surface area contributed by atoms with Gasteiger partial charge in [-0.15, -0.1) is 0 Å². The van der Waals surface area contributed by atoms with E-state index in [4.69, 9.17) is 18.9 Å². The molecule has 2 N–H and O–H groups in total. The number of nitrogens with one attached hydrogen (secondary N) is 2. The van der Waals surface area contributed by atoms with Gasteiger partial charge in [-0.1, -0.05) is 36.4 Å². The molecule has 0 unspecified atom stereocenters. The third-order valence-electron chi connectivity index (χ3n) is 5.47. The van der Waals surface area contributed by atoms with Crippen LogP contribution in [0.2, 0.25) is 0 Å². The summed E-state index contributed by atoms with van der Waals surface area (Å²) in [6, 6.07) is 18.3. The van der Waals surface area contributed by atoms with E-state index in [9.17, 15) is 9.59 Å². The highest BCUT2D eigenvalue weighted by atomic mass is 16.5. The van der Waals surface area contributed by atoms with Gasteiger partial charge in [-0.2, -0.15) is 0 Å². The molecular weight excluding hydrogens is 464 g/mol. The van der Waals surface area contributed by atoms with Crippen molar-refractivity contribution in [2.24, 2.45) is 0 Å². The smallest absolute Gasteiger partial charge is 0.262 e. The molecule has 2 aromatic heterocycles. The lowest BCUT2D eigenvalue weighted by atomic mass is 10.1. The summed E-state index contributed by atoms with van der Waals surface area (Å²) in [5, 5.41) is 0.219. The first-order valence-corrected chi connectivity index (χ1v) is 11.0. The molecule has 0 bridgehead atoms. The number of benzene rings is 3. The first-order chi connectivity index (χ1) is 17.6. The van der Waals surface area contributed by atoms with Crippen LogP contribution in [0, 0.1) is 0 Å². The number of para-hydroxylation sites is 2. The van der Waals surface area contributed by atoms with Gasteiger partial charge in [-0.25, -0.2) is 9.97 Å². The Hall–Kier alpha value is -4.86. The molecule has 0 saturated heterocycles. The molecule has 0 aliphatic carbocycles. The lowest BCUT2D eigenvalue weighted by Gasteiger charge is -2.14. The maximum atomic E-state index is 13.2. The van der Waals surface area contributed by atoms with E-state index >= 15 is 0 Å². The largest absolute Gasteiger partial charge is 0.494 e. The minimum Gasteiger partial charge on any atom is -0.494 e. The lowest BCUT2D eigenvalue weighted by molar-refractivity contribution is 0.295. The Morgan fingerprint density at radius 2 is 1.03 bits per heavy atom. The van der Waals surface area contributed by atoms with Crippen molar-refractivity contribution in [3.8, 4) is 23.0 Å². The number of nitrogens with zero attached hydrogens (tertiary/aromatic N) is 2. The van der Waals surface area contributed by atoms with Gasteiger partial charge < -0.3 is 28.9 Å². The molecule has 5 aromatic rings. The molecular formula is C26H22N4O6. The summed E-state index contributed by atoms with van der Waals surface area (Å²) < 4.78 is 22.6. The number of aromatic nitrogens is 4. The average Bonchev–Trinajstić information content (AvgIpc) is 2.91. The number of hydrogen-bond donors (Lipinski definition) is 2. The van der Waals surface area contributed by atoms with Crippen LogP contribution < -0.4 is 30.1 Å². The Kier molecular flexibility index (Phi) is 6.23. The maximum Gasteiger partial charge on any atom is 0.262 e. The minimum atomic E-state index is -0.479. The fraction of sp³-hybridized carbons (Fsp3) is 0.154. The number of hydrogen-bond acceptors (Lipinski definition) is 8. The van der Waals surface area contributed by atoms with Crippen molar-refractivity contribution in [1.82, 2.24) is 19.9 Å². The SMILES string of the molecule is COc1c2nc(COc3ccccc3)[nH]c(=O)c2c(OC)c2nc(COc3ccccc3)[nH]c(=O)c12. The third-order valence-corrected chi connectivity index (χ3v) is 5.47. The molecule has 10 nitrogen and oxygen atoms in total. The fourth-order valence-corrected chi connectivity index (χ4v) is 3.90. The highest BCUT2D eigenvalue weighted by Gasteiger charge is 2.24. The number of ether oxygens (including phenoxy) is 4. The zero-order chi connectivity index (χ0) is 25.1. The van der Waals surface area contributed by atoms with Crippen LogP contribution >= 0.6 is 0 Å². The van der Waals surface area contributed by atoms with Crippen LogP contribution in [-0.2, 0) is 13.2 Å². The summed E-state index contributed by atoms with van der Waals surface area (Å²) in [6.45, 7) is 0.00609.